The molecule has 0 atom stereocenters. The Kier molecular flexibility index (Phi) is 4.49. The fourth-order valence-corrected chi connectivity index (χ4v) is 2.63. The topological polar surface area (TPSA) is 93.2 Å². The van der Waals surface area contributed by atoms with Gasteiger partial charge < -0.3 is 10.5 Å². The van der Waals surface area contributed by atoms with Crippen LogP contribution in [0.3, 0.4) is 0 Å². The maximum absolute atomic E-state index is 11.6. The fraction of sp³-hybridized carbons (Fsp3) is 0.364. The number of hydrogen-bond acceptors (Lipinski definition) is 5. The van der Waals surface area contributed by atoms with Gasteiger partial charge in [0.2, 0.25) is 0 Å². The quantitative estimate of drug-likeness (QED) is 0.823. The van der Waals surface area contributed by atoms with E-state index in [1.165, 1.54) is 13.2 Å². The molecule has 0 aromatic heterocycles. The Bertz CT molecular complexity index is 532. The molecule has 0 radical (unpaired) electrons. The van der Waals surface area contributed by atoms with E-state index < -0.39 is 9.84 Å². The molecule has 92 valence electrons. The van der Waals surface area contributed by atoms with E-state index in [-0.39, 0.29) is 18.1 Å². The number of nitrogens with two attached hydrogens (primary N) is 1. The summed E-state index contributed by atoms with van der Waals surface area (Å²) in [6.45, 7) is 0.101. The van der Waals surface area contributed by atoms with Gasteiger partial charge in [0.1, 0.15) is 11.8 Å². The van der Waals surface area contributed by atoms with Crippen molar-refractivity contribution in [2.75, 3.05) is 19.4 Å². The number of nitrogens with zero attached hydrogens (tertiary/aromatic N) is 1. The van der Waals surface area contributed by atoms with Crippen LogP contribution in [-0.2, 0) is 15.6 Å². The lowest BCUT2D eigenvalue weighted by Crippen LogP contribution is -2.17. The van der Waals surface area contributed by atoms with E-state index in [0.29, 0.717) is 16.9 Å². The van der Waals surface area contributed by atoms with Gasteiger partial charge in [0.25, 0.3) is 0 Å². The van der Waals surface area contributed by atoms with Gasteiger partial charge in [-0.1, -0.05) is 6.07 Å². The summed E-state index contributed by atoms with van der Waals surface area (Å²) in [4.78, 5) is 0. The summed E-state index contributed by atoms with van der Waals surface area (Å²) in [5, 5.41) is 8.88. The third-order valence-electron chi connectivity index (χ3n) is 2.20. The van der Waals surface area contributed by atoms with E-state index >= 15 is 0 Å². The number of rotatable bonds is 5. The second-order valence-electron chi connectivity index (χ2n) is 3.53. The second kappa shape index (κ2) is 5.66. The first-order chi connectivity index (χ1) is 8.02. The molecule has 17 heavy (non-hydrogen) atoms. The smallest absolute Gasteiger partial charge is 0.155 e. The number of ether oxygens (including phenoxy) is 1. The zero-order valence-electron chi connectivity index (χ0n) is 9.51. The Hall–Kier alpha value is -1.58. The zero-order chi connectivity index (χ0) is 12.9. The van der Waals surface area contributed by atoms with Crippen LogP contribution in [0.15, 0.2) is 18.2 Å². The van der Waals surface area contributed by atoms with Crippen LogP contribution in [0.25, 0.3) is 0 Å². The van der Waals surface area contributed by atoms with Crippen LogP contribution in [0.1, 0.15) is 11.1 Å². The van der Waals surface area contributed by atoms with Gasteiger partial charge in [-0.25, -0.2) is 8.42 Å². The summed E-state index contributed by atoms with van der Waals surface area (Å²) < 4.78 is 28.1. The highest BCUT2D eigenvalue weighted by Crippen LogP contribution is 2.20. The molecule has 0 spiro atoms. The molecule has 0 bridgehead atoms. The van der Waals surface area contributed by atoms with Crippen molar-refractivity contribution in [3.63, 3.8) is 0 Å². The lowest BCUT2D eigenvalue weighted by molar-refractivity contribution is 0.413. The molecule has 1 aromatic rings. The maximum Gasteiger partial charge on any atom is 0.155 e. The molecular formula is C11H14N2O3S. The van der Waals surface area contributed by atoms with Crippen LogP contribution >= 0.6 is 0 Å². The molecule has 0 unspecified atom stereocenters. The molecule has 0 fully saturated rings. The minimum Gasteiger partial charge on any atom is -0.495 e. The first kappa shape index (κ1) is 13.5. The maximum atomic E-state index is 11.6. The normalized spacial score (nSPS) is 10.9. The number of nitriles is 1. The first-order valence-corrected chi connectivity index (χ1v) is 6.82. The molecule has 0 aliphatic heterocycles. The fourth-order valence-electron chi connectivity index (χ4n) is 1.44. The van der Waals surface area contributed by atoms with Gasteiger partial charge in [0.05, 0.1) is 24.2 Å². The van der Waals surface area contributed by atoms with Crippen molar-refractivity contribution in [2.24, 2.45) is 5.73 Å². The van der Waals surface area contributed by atoms with E-state index in [1.54, 1.807) is 12.1 Å². The van der Waals surface area contributed by atoms with Crippen LogP contribution in [-0.4, -0.2) is 27.8 Å². The number of benzene rings is 1. The van der Waals surface area contributed by atoms with Gasteiger partial charge in [-0.2, -0.15) is 5.26 Å². The number of methoxy groups -OCH3 is 1. The summed E-state index contributed by atoms with van der Waals surface area (Å²) in [5.74, 6) is 0.275. The predicted molar refractivity (Wildman–Crippen MR) is 64.3 cm³/mol. The minimum atomic E-state index is -3.20. The molecule has 1 aromatic carbocycles. The molecule has 1 rings (SSSR count). The summed E-state index contributed by atoms with van der Waals surface area (Å²) in [5.41, 5.74) is 6.11. The molecule has 2 N–H and O–H groups in total. The summed E-state index contributed by atoms with van der Waals surface area (Å²) in [6, 6.07) is 6.70. The highest BCUT2D eigenvalue weighted by Gasteiger charge is 2.12. The van der Waals surface area contributed by atoms with Crippen LogP contribution in [0.4, 0.5) is 0 Å². The van der Waals surface area contributed by atoms with Crippen molar-refractivity contribution < 1.29 is 13.2 Å². The van der Waals surface area contributed by atoms with E-state index in [0.717, 1.165) is 0 Å². The number of sulfone groups is 1. The van der Waals surface area contributed by atoms with Gasteiger partial charge in [-0.3, -0.25) is 0 Å². The molecule has 0 saturated carbocycles. The van der Waals surface area contributed by atoms with Crippen molar-refractivity contribution >= 4 is 9.84 Å². The highest BCUT2D eigenvalue weighted by molar-refractivity contribution is 7.90. The van der Waals surface area contributed by atoms with Gasteiger partial charge in [-0.05, 0) is 17.7 Å². The summed E-state index contributed by atoms with van der Waals surface area (Å²) in [7, 11) is -1.75. The third-order valence-corrected chi connectivity index (χ3v) is 3.83. The molecule has 0 amide bonds. The lowest BCUT2D eigenvalue weighted by Gasteiger charge is -2.06. The molecule has 6 heteroatoms. The van der Waals surface area contributed by atoms with Crippen LogP contribution in [0, 0.1) is 11.3 Å². The van der Waals surface area contributed by atoms with Gasteiger partial charge >= 0.3 is 0 Å². The number of hydrogen-bond donors (Lipinski definition) is 1. The molecule has 0 heterocycles. The van der Waals surface area contributed by atoms with E-state index in [4.69, 9.17) is 15.7 Å². The predicted octanol–water partition coefficient (Wildman–Crippen LogP) is 0.440. The Morgan fingerprint density at radius 3 is 2.71 bits per heavy atom. The average molecular weight is 254 g/mol. The van der Waals surface area contributed by atoms with Crippen LogP contribution < -0.4 is 10.5 Å². The largest absolute Gasteiger partial charge is 0.495 e. The molecule has 0 aliphatic rings. The summed E-state index contributed by atoms with van der Waals surface area (Å²) >= 11 is 0. The standard InChI is InChI=1S/C11H14N2O3S/c1-16-11-3-2-9(6-10(11)7-13)8-17(14,15)5-4-12/h2-3,6H,4-5,8,12H2,1H3. The molecular weight excluding hydrogens is 240 g/mol. The molecule has 0 aliphatic carbocycles. The van der Waals surface area contributed by atoms with Gasteiger partial charge in [-0.15, -0.1) is 0 Å². The van der Waals surface area contributed by atoms with Crippen molar-refractivity contribution in [1.82, 2.24) is 0 Å². The van der Waals surface area contributed by atoms with Crippen molar-refractivity contribution in [3.8, 4) is 11.8 Å². The highest BCUT2D eigenvalue weighted by atomic mass is 32.2. The SMILES string of the molecule is COc1ccc(CS(=O)(=O)CCN)cc1C#N. The Balaban J connectivity index is 2.99. The average Bonchev–Trinajstić information content (AvgIpc) is 2.28. The second-order valence-corrected chi connectivity index (χ2v) is 5.71. The molecule has 0 saturated heterocycles. The Morgan fingerprint density at radius 2 is 2.18 bits per heavy atom. The van der Waals surface area contributed by atoms with E-state index in [2.05, 4.69) is 0 Å². The van der Waals surface area contributed by atoms with Crippen LogP contribution in [0.2, 0.25) is 0 Å². The third kappa shape index (κ3) is 3.73. The minimum absolute atomic E-state index is 0.0546. The van der Waals surface area contributed by atoms with Crippen molar-refractivity contribution in [3.05, 3.63) is 29.3 Å². The first-order valence-electron chi connectivity index (χ1n) is 5.00. The lowest BCUT2D eigenvalue weighted by atomic mass is 10.1. The van der Waals surface area contributed by atoms with Gasteiger partial charge in [0.15, 0.2) is 9.84 Å². The van der Waals surface area contributed by atoms with Gasteiger partial charge in [0, 0.05) is 6.54 Å². The Morgan fingerprint density at radius 1 is 1.47 bits per heavy atom. The van der Waals surface area contributed by atoms with E-state index in [1.807, 2.05) is 6.07 Å². The van der Waals surface area contributed by atoms with Crippen molar-refractivity contribution in [2.45, 2.75) is 5.75 Å². The Labute approximate surface area is 101 Å². The van der Waals surface area contributed by atoms with Crippen LogP contribution in [0.5, 0.6) is 5.75 Å². The monoisotopic (exact) mass is 254 g/mol. The van der Waals surface area contributed by atoms with Crippen molar-refractivity contribution in [1.29, 1.82) is 5.26 Å². The summed E-state index contributed by atoms with van der Waals surface area (Å²) in [6.07, 6.45) is 0. The zero-order valence-corrected chi connectivity index (χ0v) is 10.3. The molecule has 5 nitrogen and oxygen atoms in total. The van der Waals surface area contributed by atoms with E-state index in [9.17, 15) is 8.42 Å².